The summed E-state index contributed by atoms with van der Waals surface area (Å²) in [4.78, 5) is 0. The number of nitrogens with zero attached hydrogens (tertiary/aromatic N) is 2. The minimum atomic E-state index is 0.386. The number of aromatic nitrogens is 2. The molecule has 2 aromatic carbocycles. The van der Waals surface area contributed by atoms with Gasteiger partial charge in [0.1, 0.15) is 5.75 Å². The zero-order valence-electron chi connectivity index (χ0n) is 10.7. The van der Waals surface area contributed by atoms with Crippen molar-refractivity contribution in [3.8, 4) is 28.7 Å². The lowest BCUT2D eigenvalue weighted by Crippen LogP contribution is -1.87. The largest absolute Gasteiger partial charge is 0.496 e. The van der Waals surface area contributed by atoms with E-state index in [2.05, 4.69) is 10.2 Å². The predicted molar refractivity (Wildman–Crippen MR) is 76.7 cm³/mol. The monoisotopic (exact) mass is 286 g/mol. The smallest absolute Gasteiger partial charge is 0.251 e. The molecular formula is C15H11ClN2O2. The Bertz CT molecular complexity index is 740. The number of ether oxygens (including phenoxy) is 1. The highest BCUT2D eigenvalue weighted by Crippen LogP contribution is 2.32. The van der Waals surface area contributed by atoms with E-state index in [-0.39, 0.29) is 0 Å². The summed E-state index contributed by atoms with van der Waals surface area (Å²) >= 11 is 6.12. The third-order valence-electron chi connectivity index (χ3n) is 2.87. The molecular weight excluding hydrogens is 276 g/mol. The van der Waals surface area contributed by atoms with E-state index in [1.54, 1.807) is 13.2 Å². The topological polar surface area (TPSA) is 48.2 Å². The molecule has 0 saturated carbocycles. The molecule has 20 heavy (non-hydrogen) atoms. The number of hydrogen-bond acceptors (Lipinski definition) is 4. The Balaban J connectivity index is 2.05. The molecule has 0 fully saturated rings. The van der Waals surface area contributed by atoms with E-state index in [4.69, 9.17) is 20.8 Å². The van der Waals surface area contributed by atoms with Gasteiger partial charge in [-0.15, -0.1) is 10.2 Å². The zero-order chi connectivity index (χ0) is 13.9. The van der Waals surface area contributed by atoms with Crippen LogP contribution in [0.2, 0.25) is 5.02 Å². The van der Waals surface area contributed by atoms with Gasteiger partial charge in [-0.1, -0.05) is 35.9 Å². The van der Waals surface area contributed by atoms with E-state index in [0.717, 1.165) is 5.56 Å². The van der Waals surface area contributed by atoms with Crippen LogP contribution in [0.25, 0.3) is 22.9 Å². The average Bonchev–Trinajstić information content (AvgIpc) is 2.97. The number of para-hydroxylation sites is 1. The highest BCUT2D eigenvalue weighted by Gasteiger charge is 2.15. The number of benzene rings is 2. The van der Waals surface area contributed by atoms with E-state index in [9.17, 15) is 0 Å². The first kappa shape index (κ1) is 12.7. The summed E-state index contributed by atoms with van der Waals surface area (Å²) in [5, 5.41) is 8.67. The Hall–Kier alpha value is -2.33. The normalized spacial score (nSPS) is 10.5. The fraction of sp³-hybridized carbons (Fsp3) is 0.0667. The molecule has 0 aliphatic heterocycles. The first-order valence-corrected chi connectivity index (χ1v) is 6.39. The lowest BCUT2D eigenvalue weighted by Gasteiger charge is -2.03. The van der Waals surface area contributed by atoms with Crippen molar-refractivity contribution in [2.45, 2.75) is 0 Å². The number of halogens is 1. The third-order valence-corrected chi connectivity index (χ3v) is 3.20. The molecule has 0 bridgehead atoms. The maximum absolute atomic E-state index is 6.12. The highest BCUT2D eigenvalue weighted by atomic mass is 35.5. The van der Waals surface area contributed by atoms with Crippen molar-refractivity contribution in [3.63, 3.8) is 0 Å². The van der Waals surface area contributed by atoms with Crippen molar-refractivity contribution in [2.24, 2.45) is 0 Å². The minimum absolute atomic E-state index is 0.386. The molecule has 4 nitrogen and oxygen atoms in total. The van der Waals surface area contributed by atoms with E-state index in [0.29, 0.717) is 28.1 Å². The number of methoxy groups -OCH3 is 1. The summed E-state index contributed by atoms with van der Waals surface area (Å²) in [7, 11) is 1.60. The second-order valence-corrected chi connectivity index (χ2v) is 4.50. The summed E-state index contributed by atoms with van der Waals surface area (Å²) in [5.74, 6) is 1.47. The van der Waals surface area contributed by atoms with Crippen molar-refractivity contribution in [1.82, 2.24) is 10.2 Å². The molecule has 0 N–H and O–H groups in total. The van der Waals surface area contributed by atoms with Gasteiger partial charge in [0.2, 0.25) is 5.89 Å². The van der Waals surface area contributed by atoms with Gasteiger partial charge in [-0.2, -0.15) is 0 Å². The van der Waals surface area contributed by atoms with Crippen LogP contribution in [-0.4, -0.2) is 17.3 Å². The lowest BCUT2D eigenvalue weighted by atomic mass is 10.2. The summed E-state index contributed by atoms with van der Waals surface area (Å²) in [6.07, 6.45) is 0. The van der Waals surface area contributed by atoms with Crippen LogP contribution < -0.4 is 4.74 Å². The molecule has 0 saturated heterocycles. The Labute approximate surface area is 121 Å². The Kier molecular flexibility index (Phi) is 3.39. The molecule has 100 valence electrons. The molecule has 0 aliphatic carbocycles. The van der Waals surface area contributed by atoms with Gasteiger partial charge in [0.05, 0.1) is 23.3 Å². The summed E-state index contributed by atoms with van der Waals surface area (Å²) in [6.45, 7) is 0. The van der Waals surface area contributed by atoms with Gasteiger partial charge in [-0.25, -0.2) is 0 Å². The van der Waals surface area contributed by atoms with Crippen LogP contribution in [0.5, 0.6) is 5.75 Å². The van der Waals surface area contributed by atoms with Crippen molar-refractivity contribution in [2.75, 3.05) is 7.11 Å². The molecule has 0 spiro atoms. The second-order valence-electron chi connectivity index (χ2n) is 4.09. The van der Waals surface area contributed by atoms with Crippen LogP contribution in [-0.2, 0) is 0 Å². The molecule has 0 unspecified atom stereocenters. The predicted octanol–water partition coefficient (Wildman–Crippen LogP) is 4.07. The van der Waals surface area contributed by atoms with Crippen LogP contribution in [0.15, 0.2) is 52.9 Å². The van der Waals surface area contributed by atoms with Gasteiger partial charge in [-0.05, 0) is 24.3 Å². The maximum atomic E-state index is 6.12. The molecule has 0 atom stereocenters. The quantitative estimate of drug-likeness (QED) is 0.728. The Morgan fingerprint density at radius 2 is 1.50 bits per heavy atom. The SMILES string of the molecule is COc1ccccc1-c1nnc(-c2ccccc2Cl)o1. The van der Waals surface area contributed by atoms with Crippen molar-refractivity contribution in [1.29, 1.82) is 0 Å². The lowest BCUT2D eigenvalue weighted by molar-refractivity contribution is 0.414. The standard InChI is InChI=1S/C15H11ClN2O2/c1-19-13-9-5-3-7-11(13)15-18-17-14(20-15)10-6-2-4-8-12(10)16/h2-9H,1H3. The van der Waals surface area contributed by atoms with Crippen molar-refractivity contribution >= 4 is 11.6 Å². The van der Waals surface area contributed by atoms with E-state index in [1.165, 1.54) is 0 Å². The highest BCUT2D eigenvalue weighted by molar-refractivity contribution is 6.33. The molecule has 0 amide bonds. The van der Waals surface area contributed by atoms with Gasteiger partial charge in [0.25, 0.3) is 5.89 Å². The summed E-state index contributed by atoms with van der Waals surface area (Å²) < 4.78 is 11.0. The number of hydrogen-bond donors (Lipinski definition) is 0. The van der Waals surface area contributed by atoms with Crippen molar-refractivity contribution < 1.29 is 9.15 Å². The molecule has 5 heteroatoms. The fourth-order valence-corrected chi connectivity index (χ4v) is 2.11. The summed E-state index contributed by atoms with van der Waals surface area (Å²) in [5.41, 5.74) is 1.46. The molecule has 0 aliphatic rings. The van der Waals surface area contributed by atoms with Crippen LogP contribution in [0, 0.1) is 0 Å². The van der Waals surface area contributed by atoms with Gasteiger partial charge in [0, 0.05) is 0 Å². The van der Waals surface area contributed by atoms with Crippen LogP contribution in [0.3, 0.4) is 0 Å². The third kappa shape index (κ3) is 2.26. The molecule has 3 aromatic rings. The van der Waals surface area contributed by atoms with Gasteiger partial charge < -0.3 is 9.15 Å². The molecule has 0 radical (unpaired) electrons. The van der Waals surface area contributed by atoms with Gasteiger partial charge in [0.15, 0.2) is 0 Å². The average molecular weight is 287 g/mol. The summed E-state index contributed by atoms with van der Waals surface area (Å²) in [6, 6.07) is 14.8. The zero-order valence-corrected chi connectivity index (χ0v) is 11.5. The second kappa shape index (κ2) is 5.35. The van der Waals surface area contributed by atoms with Gasteiger partial charge in [-0.3, -0.25) is 0 Å². The van der Waals surface area contributed by atoms with E-state index in [1.807, 2.05) is 42.5 Å². The first-order valence-electron chi connectivity index (χ1n) is 6.01. The Morgan fingerprint density at radius 3 is 2.20 bits per heavy atom. The van der Waals surface area contributed by atoms with Crippen LogP contribution in [0.4, 0.5) is 0 Å². The minimum Gasteiger partial charge on any atom is -0.496 e. The molecule has 1 heterocycles. The maximum Gasteiger partial charge on any atom is 0.251 e. The number of rotatable bonds is 3. The Morgan fingerprint density at radius 1 is 0.900 bits per heavy atom. The van der Waals surface area contributed by atoms with Crippen molar-refractivity contribution in [3.05, 3.63) is 53.6 Å². The van der Waals surface area contributed by atoms with Crippen LogP contribution >= 0.6 is 11.6 Å². The molecule has 1 aromatic heterocycles. The fourth-order valence-electron chi connectivity index (χ4n) is 1.90. The van der Waals surface area contributed by atoms with E-state index >= 15 is 0 Å². The van der Waals surface area contributed by atoms with E-state index < -0.39 is 0 Å². The van der Waals surface area contributed by atoms with Gasteiger partial charge >= 0.3 is 0 Å². The molecule has 3 rings (SSSR count). The first-order chi connectivity index (χ1) is 9.79. The van der Waals surface area contributed by atoms with Crippen LogP contribution in [0.1, 0.15) is 0 Å².